The van der Waals surface area contributed by atoms with Gasteiger partial charge in [0.1, 0.15) is 5.75 Å². The van der Waals surface area contributed by atoms with Crippen molar-refractivity contribution in [3.8, 4) is 5.75 Å². The molecule has 0 spiro atoms. The van der Waals surface area contributed by atoms with Gasteiger partial charge in [0.2, 0.25) is 0 Å². The molecule has 0 bridgehead atoms. The zero-order valence-corrected chi connectivity index (χ0v) is 9.93. The highest BCUT2D eigenvalue weighted by Gasteiger charge is 2.11. The first kappa shape index (κ1) is 12.0. The number of phenols is 1. The van der Waals surface area contributed by atoms with Gasteiger partial charge in [-0.25, -0.2) is 0 Å². The minimum Gasteiger partial charge on any atom is -0.508 e. The second-order valence-corrected chi connectivity index (χ2v) is 4.32. The monoisotopic (exact) mass is 248 g/mol. The molecular formula is C14H13ClO2. The predicted molar refractivity (Wildman–Crippen MR) is 68.2 cm³/mol. The highest BCUT2D eigenvalue weighted by atomic mass is 35.5. The standard InChI is InChI=1S/C14H13ClO2/c15-13-7-2-1-6-12(13)14(17)9-10-4-3-5-11(16)8-10/h1-8,14,16-17H,9H2. The fourth-order valence-corrected chi connectivity index (χ4v) is 2.02. The molecule has 2 aromatic rings. The molecule has 0 aliphatic rings. The minimum atomic E-state index is -0.662. The number of phenolic OH excluding ortho intramolecular Hbond substituents is 1. The molecule has 2 rings (SSSR count). The molecule has 0 aromatic heterocycles. The van der Waals surface area contributed by atoms with Gasteiger partial charge in [0, 0.05) is 11.4 Å². The Labute approximate surface area is 105 Å². The Morgan fingerprint density at radius 1 is 1.06 bits per heavy atom. The Balaban J connectivity index is 2.17. The number of rotatable bonds is 3. The lowest BCUT2D eigenvalue weighted by Crippen LogP contribution is -2.02. The summed E-state index contributed by atoms with van der Waals surface area (Å²) in [6.07, 6.45) is -0.233. The molecule has 0 amide bonds. The van der Waals surface area contributed by atoms with Crippen LogP contribution in [0.2, 0.25) is 5.02 Å². The summed E-state index contributed by atoms with van der Waals surface area (Å²) in [5, 5.41) is 20.0. The maximum Gasteiger partial charge on any atom is 0.115 e. The van der Waals surface area contributed by atoms with E-state index in [0.29, 0.717) is 17.0 Å². The van der Waals surface area contributed by atoms with Gasteiger partial charge in [0.05, 0.1) is 6.10 Å². The summed E-state index contributed by atoms with van der Waals surface area (Å²) in [5.41, 5.74) is 1.58. The van der Waals surface area contributed by atoms with Gasteiger partial charge in [-0.3, -0.25) is 0 Å². The summed E-state index contributed by atoms with van der Waals surface area (Å²) in [7, 11) is 0. The van der Waals surface area contributed by atoms with Crippen LogP contribution in [-0.4, -0.2) is 10.2 Å². The van der Waals surface area contributed by atoms with Crippen molar-refractivity contribution in [2.24, 2.45) is 0 Å². The molecule has 0 saturated carbocycles. The largest absolute Gasteiger partial charge is 0.508 e. The normalized spacial score (nSPS) is 12.4. The average molecular weight is 249 g/mol. The van der Waals surface area contributed by atoms with E-state index in [1.165, 1.54) is 0 Å². The second-order valence-electron chi connectivity index (χ2n) is 3.91. The van der Waals surface area contributed by atoms with E-state index in [9.17, 15) is 10.2 Å². The lowest BCUT2D eigenvalue weighted by Gasteiger charge is -2.12. The van der Waals surface area contributed by atoms with Gasteiger partial charge in [0.25, 0.3) is 0 Å². The van der Waals surface area contributed by atoms with Crippen molar-refractivity contribution in [1.29, 1.82) is 0 Å². The van der Waals surface area contributed by atoms with Gasteiger partial charge in [-0.1, -0.05) is 41.9 Å². The highest BCUT2D eigenvalue weighted by Crippen LogP contribution is 2.26. The summed E-state index contributed by atoms with van der Waals surface area (Å²) in [5.74, 6) is 0.203. The zero-order valence-electron chi connectivity index (χ0n) is 9.18. The van der Waals surface area contributed by atoms with E-state index in [4.69, 9.17) is 11.6 Å². The Kier molecular flexibility index (Phi) is 3.67. The molecule has 2 N–H and O–H groups in total. The van der Waals surface area contributed by atoms with Crippen molar-refractivity contribution in [2.45, 2.75) is 12.5 Å². The molecule has 88 valence electrons. The summed E-state index contributed by atoms with van der Waals surface area (Å²) in [4.78, 5) is 0. The quantitative estimate of drug-likeness (QED) is 0.875. The number of aliphatic hydroxyl groups excluding tert-OH is 1. The first-order valence-corrected chi connectivity index (χ1v) is 5.75. The molecule has 17 heavy (non-hydrogen) atoms. The van der Waals surface area contributed by atoms with Gasteiger partial charge < -0.3 is 10.2 Å². The van der Waals surface area contributed by atoms with Crippen LogP contribution in [0.15, 0.2) is 48.5 Å². The van der Waals surface area contributed by atoms with Crippen molar-refractivity contribution in [1.82, 2.24) is 0 Å². The fraction of sp³-hybridized carbons (Fsp3) is 0.143. The Bertz CT molecular complexity index is 511. The molecule has 2 nitrogen and oxygen atoms in total. The predicted octanol–water partition coefficient (Wildman–Crippen LogP) is 3.32. The molecule has 0 radical (unpaired) electrons. The van der Waals surface area contributed by atoms with E-state index >= 15 is 0 Å². The molecule has 0 aliphatic heterocycles. The van der Waals surface area contributed by atoms with E-state index in [1.54, 1.807) is 30.3 Å². The number of hydrogen-bond donors (Lipinski definition) is 2. The van der Waals surface area contributed by atoms with Crippen molar-refractivity contribution in [3.63, 3.8) is 0 Å². The van der Waals surface area contributed by atoms with Crippen molar-refractivity contribution in [3.05, 3.63) is 64.7 Å². The van der Waals surface area contributed by atoms with Gasteiger partial charge in [0.15, 0.2) is 0 Å². The molecule has 0 heterocycles. The summed E-state index contributed by atoms with van der Waals surface area (Å²) < 4.78 is 0. The van der Waals surface area contributed by atoms with Gasteiger partial charge in [-0.2, -0.15) is 0 Å². The average Bonchev–Trinajstić information content (AvgIpc) is 2.29. The van der Waals surface area contributed by atoms with Crippen LogP contribution >= 0.6 is 11.6 Å². The van der Waals surface area contributed by atoms with E-state index in [1.807, 2.05) is 18.2 Å². The summed E-state index contributed by atoms with van der Waals surface area (Å²) >= 11 is 6.01. The number of aromatic hydroxyl groups is 1. The highest BCUT2D eigenvalue weighted by molar-refractivity contribution is 6.31. The third-order valence-corrected chi connectivity index (χ3v) is 2.95. The second kappa shape index (κ2) is 5.21. The molecule has 3 heteroatoms. The van der Waals surface area contributed by atoms with E-state index in [2.05, 4.69) is 0 Å². The molecular weight excluding hydrogens is 236 g/mol. The number of halogens is 1. The summed E-state index contributed by atoms with van der Waals surface area (Å²) in [6.45, 7) is 0. The van der Waals surface area contributed by atoms with Crippen LogP contribution in [0.3, 0.4) is 0 Å². The lowest BCUT2D eigenvalue weighted by atomic mass is 10.0. The number of benzene rings is 2. The van der Waals surface area contributed by atoms with E-state index < -0.39 is 6.10 Å². The lowest BCUT2D eigenvalue weighted by molar-refractivity contribution is 0.178. The van der Waals surface area contributed by atoms with Gasteiger partial charge in [-0.05, 0) is 29.3 Å². The van der Waals surface area contributed by atoms with Crippen molar-refractivity contribution < 1.29 is 10.2 Å². The zero-order chi connectivity index (χ0) is 12.3. The first-order chi connectivity index (χ1) is 8.16. The summed E-state index contributed by atoms with van der Waals surface area (Å²) in [6, 6.07) is 14.1. The van der Waals surface area contributed by atoms with Crippen LogP contribution in [0.4, 0.5) is 0 Å². The maximum absolute atomic E-state index is 10.1. The van der Waals surface area contributed by atoms with Crippen molar-refractivity contribution >= 4 is 11.6 Å². The minimum absolute atomic E-state index is 0.203. The fourth-order valence-electron chi connectivity index (χ4n) is 1.76. The Morgan fingerprint density at radius 3 is 2.53 bits per heavy atom. The van der Waals surface area contributed by atoms with Crippen LogP contribution in [0.1, 0.15) is 17.2 Å². The van der Waals surface area contributed by atoms with Crippen LogP contribution in [-0.2, 0) is 6.42 Å². The molecule has 1 atom stereocenters. The van der Waals surface area contributed by atoms with Gasteiger partial charge in [-0.15, -0.1) is 0 Å². The number of hydrogen-bond acceptors (Lipinski definition) is 2. The van der Waals surface area contributed by atoms with Crippen LogP contribution in [0, 0.1) is 0 Å². The van der Waals surface area contributed by atoms with Crippen molar-refractivity contribution in [2.75, 3.05) is 0 Å². The maximum atomic E-state index is 10.1. The SMILES string of the molecule is Oc1cccc(CC(O)c2ccccc2Cl)c1. The first-order valence-electron chi connectivity index (χ1n) is 5.37. The van der Waals surface area contributed by atoms with Crippen LogP contribution < -0.4 is 0 Å². The Morgan fingerprint density at radius 2 is 1.82 bits per heavy atom. The third-order valence-electron chi connectivity index (χ3n) is 2.60. The molecule has 0 aliphatic carbocycles. The number of aliphatic hydroxyl groups is 1. The van der Waals surface area contributed by atoms with E-state index in [-0.39, 0.29) is 5.75 Å². The van der Waals surface area contributed by atoms with E-state index in [0.717, 1.165) is 5.56 Å². The Hall–Kier alpha value is -1.51. The third kappa shape index (κ3) is 2.99. The molecule has 1 unspecified atom stereocenters. The molecule has 0 fully saturated rings. The van der Waals surface area contributed by atoms with Crippen LogP contribution in [0.5, 0.6) is 5.75 Å². The topological polar surface area (TPSA) is 40.5 Å². The molecule has 0 saturated heterocycles. The molecule has 2 aromatic carbocycles. The van der Waals surface area contributed by atoms with Gasteiger partial charge >= 0.3 is 0 Å². The van der Waals surface area contributed by atoms with Crippen LogP contribution in [0.25, 0.3) is 0 Å². The smallest absolute Gasteiger partial charge is 0.115 e.